The van der Waals surface area contributed by atoms with Crippen LogP contribution < -0.4 is 16.0 Å². The van der Waals surface area contributed by atoms with Crippen LogP contribution in [0.4, 0.5) is 0 Å². The van der Waals surface area contributed by atoms with Crippen LogP contribution in [0.15, 0.2) is 144 Å². The zero-order valence-corrected chi connectivity index (χ0v) is 90.3. The molecule has 0 spiro atoms. The number of ether oxygens (including phenoxy) is 8. The van der Waals surface area contributed by atoms with E-state index < -0.39 is 219 Å². The van der Waals surface area contributed by atoms with E-state index in [-0.39, 0.29) is 268 Å². The van der Waals surface area contributed by atoms with Crippen molar-refractivity contribution >= 4 is 59.1 Å². The molecule has 123 heavy (non-hydrogen) atoms. The summed E-state index contributed by atoms with van der Waals surface area (Å²) in [5.74, 6) is -12.8. The number of benzene rings is 4. The number of fused-ring (bicyclic) bond motifs is 10. The number of Topliss-reactive ketones (excluding diaryl/α,β-unsaturated/α-hetero) is 2. The molecule has 4 radical (unpaired) electrons. The SMILES string of the molecule is CC1=C2C(O)C(=O)[C@]3(C)C(O)CC4OC[C@@]4(O)C3C(C)C(O)(CC1OC(=O)C(OC(=O)CCC(=O)O)C(NC(=O)c1ccccc1)c1ccccc1)C2(C)C.CCCOCCOCCNC(=O)CCC(=O)OC(C(=O)OC1CC2(O)C(C)C3[C@]4(O)COC4CC(O)[C@@]3(C)C(=O)C(O)C(=C1C)C2(C)C)C(NC(=O)c1ccccc1)c1ccccc1.[Ac].[Ac].[Ac].[Ac]. The summed E-state index contributed by atoms with van der Waals surface area (Å²) in [5.41, 5.74) is -11.2. The zero-order chi connectivity index (χ0) is 86.9. The Bertz CT molecular complexity index is 4510. The van der Waals surface area contributed by atoms with Crippen LogP contribution in [-0.2, 0) is 76.3 Å². The Balaban J connectivity index is 0.000000331. The van der Waals surface area contributed by atoms with Gasteiger partial charge in [-0.2, -0.15) is 0 Å². The zero-order valence-electron chi connectivity index (χ0n) is 71.3. The Labute approximate surface area is 858 Å². The van der Waals surface area contributed by atoms with Gasteiger partial charge in [-0.05, 0) is 104 Å². The van der Waals surface area contributed by atoms with E-state index in [4.69, 9.17) is 37.9 Å². The Morgan fingerprint density at radius 3 is 1.19 bits per heavy atom. The van der Waals surface area contributed by atoms with Gasteiger partial charge in [-0.3, -0.25) is 38.4 Å². The first-order chi connectivity index (χ1) is 56.1. The molecule has 34 heteroatoms. The number of rotatable bonds is 28. The number of hydrogen-bond donors (Lipinski definition) is 12. The van der Waals surface area contributed by atoms with Gasteiger partial charge in [0, 0.05) is 255 Å². The summed E-state index contributed by atoms with van der Waals surface area (Å²) in [6.45, 7) is 19.7. The molecule has 658 valence electrons. The number of aliphatic carboxylic acids is 1. The fraction of sp³-hybridized carbons (Fsp3) is 0.573. The van der Waals surface area contributed by atoms with E-state index in [0.717, 1.165) is 6.42 Å². The second kappa shape index (κ2) is 43.9. The number of nitrogens with one attached hydrogen (secondary N) is 3. The van der Waals surface area contributed by atoms with Crippen LogP contribution in [0.1, 0.15) is 178 Å². The van der Waals surface area contributed by atoms with Crippen molar-refractivity contribution in [3.8, 4) is 0 Å². The quantitative estimate of drug-likeness (QED) is 0.0148. The van der Waals surface area contributed by atoms with Gasteiger partial charge < -0.3 is 99.8 Å². The van der Waals surface area contributed by atoms with Gasteiger partial charge in [0.05, 0.1) is 98.7 Å². The molecule has 2 aliphatic heterocycles. The molecular formula is C89H113Ac4N3O27. The third-order valence-electron chi connectivity index (χ3n) is 27.2. The van der Waals surface area contributed by atoms with E-state index in [2.05, 4.69) is 16.0 Å². The van der Waals surface area contributed by atoms with Crippen LogP contribution in [0.2, 0.25) is 0 Å². The number of carbonyl (C=O) groups excluding carboxylic acids is 9. The smallest absolute Gasteiger partial charge is 0.350 e. The first-order valence-electron chi connectivity index (χ1n) is 40.7. The third kappa shape index (κ3) is 21.1. The maximum absolute atomic E-state index is 14.8. The Morgan fingerprint density at radius 2 is 0.846 bits per heavy atom. The molecule has 2 saturated heterocycles. The van der Waals surface area contributed by atoms with Crippen molar-refractivity contribution in [2.24, 2.45) is 45.3 Å². The predicted molar refractivity (Wildman–Crippen MR) is 423 cm³/mol. The van der Waals surface area contributed by atoms with Gasteiger partial charge in [-0.15, -0.1) is 0 Å². The number of aliphatic hydroxyl groups excluding tert-OH is 4. The van der Waals surface area contributed by atoms with Crippen molar-refractivity contribution in [1.29, 1.82) is 0 Å². The molecule has 4 aromatic carbocycles. The molecular weight excluding hydrogens is 2450 g/mol. The van der Waals surface area contributed by atoms with E-state index >= 15 is 0 Å². The van der Waals surface area contributed by atoms with Gasteiger partial charge >= 0.3 is 29.8 Å². The molecule has 4 saturated carbocycles. The molecule has 12 N–H and O–H groups in total. The van der Waals surface area contributed by atoms with Crippen LogP contribution in [-0.4, -0.2) is 235 Å². The summed E-state index contributed by atoms with van der Waals surface area (Å²) < 4.78 is 46.0. The van der Waals surface area contributed by atoms with E-state index in [1.165, 1.54) is 13.8 Å². The maximum atomic E-state index is 14.8. The Kier molecular flexibility index (Phi) is 38.1. The first-order valence-corrected chi connectivity index (χ1v) is 40.7. The molecule has 8 aliphatic rings. The average molecular weight is 2560 g/mol. The number of carboxylic acids is 1. The molecule has 6 aliphatic carbocycles. The van der Waals surface area contributed by atoms with Crippen molar-refractivity contribution in [3.63, 3.8) is 0 Å². The van der Waals surface area contributed by atoms with Crippen molar-refractivity contribution in [2.45, 2.75) is 229 Å². The fourth-order valence-electron chi connectivity index (χ4n) is 20.4. The molecule has 0 aromatic heterocycles. The van der Waals surface area contributed by atoms with Crippen LogP contribution in [0.5, 0.6) is 0 Å². The van der Waals surface area contributed by atoms with E-state index in [1.54, 1.807) is 177 Å². The first kappa shape index (κ1) is 107. The maximum Gasteiger partial charge on any atom is 0.350 e. The van der Waals surface area contributed by atoms with Crippen LogP contribution in [0.3, 0.4) is 0 Å². The van der Waals surface area contributed by atoms with Crippen molar-refractivity contribution in [1.82, 2.24) is 16.0 Å². The van der Waals surface area contributed by atoms with Gasteiger partial charge in [0.15, 0.2) is 11.6 Å². The number of ketones is 2. The summed E-state index contributed by atoms with van der Waals surface area (Å²) in [7, 11) is 0. The topological polar surface area (TPSA) is 463 Å². The van der Waals surface area contributed by atoms with Gasteiger partial charge in [0.2, 0.25) is 18.1 Å². The Hall–Kier alpha value is -3.25. The van der Waals surface area contributed by atoms with E-state index in [9.17, 15) is 93.9 Å². The molecule has 2 heterocycles. The van der Waals surface area contributed by atoms with Crippen molar-refractivity contribution < 1.29 is 308 Å². The minimum Gasteiger partial charge on any atom is -0.481 e. The second-order valence-corrected chi connectivity index (χ2v) is 34.5. The molecule has 12 rings (SSSR count). The third-order valence-corrected chi connectivity index (χ3v) is 27.2. The van der Waals surface area contributed by atoms with Gasteiger partial charge in [-0.25, -0.2) is 9.59 Å². The van der Waals surface area contributed by atoms with Gasteiger partial charge in [-0.1, -0.05) is 146 Å². The Morgan fingerprint density at radius 1 is 0.496 bits per heavy atom. The van der Waals surface area contributed by atoms with Gasteiger partial charge in [0.1, 0.15) is 47.7 Å². The molecule has 6 fully saturated rings. The normalized spacial score (nSPS) is 31.9. The summed E-state index contributed by atoms with van der Waals surface area (Å²) >= 11 is 0. The summed E-state index contributed by atoms with van der Waals surface area (Å²) in [6, 6.07) is 30.2. The number of hydrogen-bond acceptors (Lipinski definition) is 26. The molecule has 4 aromatic rings. The van der Waals surface area contributed by atoms with Crippen LogP contribution >= 0.6 is 0 Å². The fourth-order valence-corrected chi connectivity index (χ4v) is 20.4. The molecule has 22 atom stereocenters. The standard InChI is InChI=1S/C48H64N2O14.C41H49NO13.4Ac/c1-7-21-60-23-24-61-22-20-49-35(52)18-19-36(53)64-40(38(30-14-10-8-11-15-30)50-43(56)31-16-12-9-13-17-31)44(57)63-32-26-48(59)29(3)41-46(6,33(51)25-34-47(41,58)27-62-34)42(55)39(54)37(28(32)2)45(48,4)5;1-21-25(19-41(52)22(2)34-39(5,26(43)18-27-40(34,51)20-53-27)35(48)32(47)30(21)38(41,3)4)54-37(50)33(55-29(46)17-16-28(44)45)31(23-12-8-6-9-13-23)42-36(49)24-14-10-7-11-15-24;;;;/h8-17,29,32-34,38-41,51,54,58-59H,7,18-27H2,1-6H3,(H,49,52)(H,50,56);6-15,22,25-27,31-34,43,47,51-52H,16-20H2,1-5H3,(H,42,49)(H,44,45);;;;/t29?,32?,33?,34?,38?,39?,40?,41?,46-,47+,48?;22?,25?,26?,27?,31?,32?,33?,34?,39-,40+,41?;;;;/m11..../s1. The van der Waals surface area contributed by atoms with Crippen molar-refractivity contribution in [3.05, 3.63) is 166 Å². The summed E-state index contributed by atoms with van der Waals surface area (Å²) in [5, 5.41) is 115. The number of carbonyl (C=O) groups is 10. The summed E-state index contributed by atoms with van der Waals surface area (Å²) in [4.78, 5) is 137. The van der Waals surface area contributed by atoms with E-state index in [1.807, 2.05) is 6.92 Å². The summed E-state index contributed by atoms with van der Waals surface area (Å²) in [6.07, 6.45) is -16.1. The molecule has 30 nitrogen and oxygen atoms in total. The number of amides is 3. The number of aliphatic hydroxyl groups is 8. The number of esters is 4. The number of carboxylic acid groups (broad SMARTS) is 1. The molecule has 3 amide bonds. The minimum atomic E-state index is -1.89. The molecule has 4 bridgehead atoms. The average Bonchev–Trinajstić information content (AvgIpc) is 0.679. The van der Waals surface area contributed by atoms with Crippen molar-refractivity contribution in [2.75, 3.05) is 46.2 Å². The van der Waals surface area contributed by atoms with E-state index in [0.29, 0.717) is 30.9 Å². The largest absolute Gasteiger partial charge is 0.481 e. The second-order valence-electron chi connectivity index (χ2n) is 34.5. The predicted octanol–water partition coefficient (Wildman–Crippen LogP) is 5.32. The minimum absolute atomic E-state index is 0. The van der Waals surface area contributed by atoms with Crippen LogP contribution in [0.25, 0.3) is 0 Å². The molecule has 18 unspecified atom stereocenters. The van der Waals surface area contributed by atoms with Gasteiger partial charge in [0.25, 0.3) is 11.8 Å². The van der Waals surface area contributed by atoms with Crippen LogP contribution in [0, 0.1) is 222 Å². The monoisotopic (exact) mass is 2560 g/mol.